The molecule has 23 heavy (non-hydrogen) atoms. The van der Waals surface area contributed by atoms with Crippen molar-refractivity contribution in [2.75, 3.05) is 13.2 Å². The van der Waals surface area contributed by atoms with E-state index in [1.165, 1.54) is 0 Å². The van der Waals surface area contributed by atoms with Gasteiger partial charge in [0.1, 0.15) is 12.4 Å². The molecule has 0 aromatic heterocycles. The molecule has 1 aliphatic rings. The number of ether oxygens (including phenoxy) is 1. The van der Waals surface area contributed by atoms with E-state index in [1.807, 2.05) is 30.3 Å². The fourth-order valence-corrected chi connectivity index (χ4v) is 3.51. The summed E-state index contributed by atoms with van der Waals surface area (Å²) >= 11 is 0. The molecule has 0 atom stereocenters. The second kappa shape index (κ2) is 7.21. The molecular formula is C18H29N3O2. The van der Waals surface area contributed by atoms with E-state index in [4.69, 9.17) is 4.74 Å². The Labute approximate surface area is 139 Å². The highest BCUT2D eigenvalue weighted by atomic mass is 16.5. The number of nitrogens with one attached hydrogen (secondary N) is 3. The van der Waals surface area contributed by atoms with Gasteiger partial charge < -0.3 is 20.7 Å². The van der Waals surface area contributed by atoms with Crippen LogP contribution in [0, 0.1) is 0 Å². The molecule has 2 rings (SSSR count). The number of benzene rings is 1. The fraction of sp³-hybridized carbons (Fsp3) is 0.611. The Morgan fingerprint density at radius 2 is 1.78 bits per heavy atom. The molecular weight excluding hydrogens is 290 g/mol. The molecule has 3 N–H and O–H groups in total. The molecule has 0 spiro atoms. The van der Waals surface area contributed by atoms with Gasteiger partial charge in [-0.15, -0.1) is 0 Å². The molecule has 1 saturated heterocycles. The number of hydrogen-bond acceptors (Lipinski definition) is 3. The van der Waals surface area contributed by atoms with Crippen molar-refractivity contribution in [1.82, 2.24) is 16.0 Å². The Morgan fingerprint density at radius 3 is 2.39 bits per heavy atom. The molecule has 1 heterocycles. The van der Waals surface area contributed by atoms with Gasteiger partial charge in [-0.05, 0) is 52.7 Å². The van der Waals surface area contributed by atoms with Gasteiger partial charge in [0.2, 0.25) is 0 Å². The summed E-state index contributed by atoms with van der Waals surface area (Å²) in [5, 5.41) is 9.56. The van der Waals surface area contributed by atoms with Crippen molar-refractivity contribution in [3.63, 3.8) is 0 Å². The number of piperidine rings is 1. The maximum Gasteiger partial charge on any atom is 0.315 e. The van der Waals surface area contributed by atoms with Gasteiger partial charge in [-0.3, -0.25) is 0 Å². The van der Waals surface area contributed by atoms with Crippen LogP contribution < -0.4 is 20.7 Å². The maximum absolute atomic E-state index is 12.0. The maximum atomic E-state index is 12.0. The summed E-state index contributed by atoms with van der Waals surface area (Å²) < 4.78 is 5.56. The third kappa shape index (κ3) is 6.10. The predicted molar refractivity (Wildman–Crippen MR) is 92.8 cm³/mol. The molecule has 5 nitrogen and oxygen atoms in total. The van der Waals surface area contributed by atoms with Gasteiger partial charge in [-0.2, -0.15) is 0 Å². The number of amides is 2. The van der Waals surface area contributed by atoms with Crippen LogP contribution in [0.4, 0.5) is 4.79 Å². The van der Waals surface area contributed by atoms with Crippen molar-refractivity contribution in [3.8, 4) is 5.75 Å². The first-order chi connectivity index (χ1) is 10.8. The molecule has 0 unspecified atom stereocenters. The van der Waals surface area contributed by atoms with E-state index in [0.29, 0.717) is 13.2 Å². The molecule has 1 aromatic carbocycles. The Hall–Kier alpha value is -1.75. The fourth-order valence-electron chi connectivity index (χ4n) is 3.51. The molecule has 1 fully saturated rings. The van der Waals surface area contributed by atoms with E-state index < -0.39 is 0 Å². The van der Waals surface area contributed by atoms with E-state index in [2.05, 4.69) is 43.6 Å². The second-order valence-electron chi connectivity index (χ2n) is 7.56. The lowest BCUT2D eigenvalue weighted by molar-refractivity contribution is 0.147. The standard InChI is InChI=1S/C18H29N3O2/c1-17(2)12-14(13-18(3,4)21-17)20-16(22)19-10-11-23-15-8-6-5-7-9-15/h5-9,14,21H,10-13H2,1-4H3,(H2,19,20,22). The minimum atomic E-state index is -0.125. The zero-order valence-corrected chi connectivity index (χ0v) is 14.6. The minimum absolute atomic E-state index is 0.0239. The lowest BCUT2D eigenvalue weighted by atomic mass is 9.80. The summed E-state index contributed by atoms with van der Waals surface area (Å²) in [5.41, 5.74) is 0.0479. The highest BCUT2D eigenvalue weighted by Crippen LogP contribution is 2.28. The average molecular weight is 319 g/mol. The van der Waals surface area contributed by atoms with Crippen molar-refractivity contribution in [1.29, 1.82) is 0 Å². The van der Waals surface area contributed by atoms with Crippen molar-refractivity contribution in [2.24, 2.45) is 0 Å². The normalized spacial score (nSPS) is 19.8. The molecule has 0 aliphatic carbocycles. The van der Waals surface area contributed by atoms with Gasteiger partial charge >= 0.3 is 6.03 Å². The van der Waals surface area contributed by atoms with Crippen LogP contribution in [0.2, 0.25) is 0 Å². The number of hydrogen-bond donors (Lipinski definition) is 3. The Bertz CT molecular complexity index is 498. The lowest BCUT2D eigenvalue weighted by Gasteiger charge is -2.46. The Kier molecular flexibility index (Phi) is 5.52. The van der Waals surface area contributed by atoms with Crippen LogP contribution in [-0.4, -0.2) is 36.3 Å². The van der Waals surface area contributed by atoms with E-state index in [9.17, 15) is 4.79 Å². The van der Waals surface area contributed by atoms with Crippen LogP contribution in [-0.2, 0) is 0 Å². The summed E-state index contributed by atoms with van der Waals surface area (Å²) in [4.78, 5) is 12.0. The van der Waals surface area contributed by atoms with Crippen molar-refractivity contribution in [3.05, 3.63) is 30.3 Å². The quantitative estimate of drug-likeness (QED) is 0.731. The topological polar surface area (TPSA) is 62.4 Å². The minimum Gasteiger partial charge on any atom is -0.492 e. The summed E-state index contributed by atoms with van der Waals surface area (Å²) in [5.74, 6) is 0.816. The summed E-state index contributed by atoms with van der Waals surface area (Å²) in [6, 6.07) is 9.65. The van der Waals surface area contributed by atoms with Crippen LogP contribution >= 0.6 is 0 Å². The third-order valence-electron chi connectivity index (χ3n) is 3.92. The van der Waals surface area contributed by atoms with E-state index in [1.54, 1.807) is 0 Å². The van der Waals surface area contributed by atoms with Crippen LogP contribution in [0.25, 0.3) is 0 Å². The predicted octanol–water partition coefficient (Wildman–Crippen LogP) is 2.67. The molecule has 0 radical (unpaired) electrons. The van der Waals surface area contributed by atoms with Gasteiger partial charge in [-0.25, -0.2) is 4.79 Å². The number of carbonyl (C=O) groups is 1. The average Bonchev–Trinajstić information content (AvgIpc) is 2.41. The first-order valence-electron chi connectivity index (χ1n) is 8.27. The van der Waals surface area contributed by atoms with Gasteiger partial charge in [0, 0.05) is 17.1 Å². The molecule has 1 aromatic rings. The van der Waals surface area contributed by atoms with Gasteiger partial charge in [0.15, 0.2) is 0 Å². The lowest BCUT2D eigenvalue weighted by Crippen LogP contribution is -2.62. The van der Waals surface area contributed by atoms with Crippen LogP contribution in [0.15, 0.2) is 30.3 Å². The van der Waals surface area contributed by atoms with E-state index >= 15 is 0 Å². The van der Waals surface area contributed by atoms with Gasteiger partial charge in [-0.1, -0.05) is 18.2 Å². The van der Waals surface area contributed by atoms with Crippen LogP contribution in [0.5, 0.6) is 5.75 Å². The van der Waals surface area contributed by atoms with Crippen LogP contribution in [0.3, 0.4) is 0 Å². The third-order valence-corrected chi connectivity index (χ3v) is 3.92. The summed E-state index contributed by atoms with van der Waals surface area (Å²) in [6.45, 7) is 9.64. The van der Waals surface area contributed by atoms with Crippen molar-refractivity contribution in [2.45, 2.75) is 57.7 Å². The second-order valence-corrected chi connectivity index (χ2v) is 7.56. The molecule has 0 saturated carbocycles. The Balaban J connectivity index is 1.70. The first-order valence-corrected chi connectivity index (χ1v) is 8.27. The monoisotopic (exact) mass is 319 g/mol. The Morgan fingerprint density at radius 1 is 1.17 bits per heavy atom. The highest BCUT2D eigenvalue weighted by molar-refractivity contribution is 5.74. The van der Waals surface area contributed by atoms with Crippen molar-refractivity contribution < 1.29 is 9.53 Å². The number of carbonyl (C=O) groups excluding carboxylic acids is 1. The summed E-state index contributed by atoms with van der Waals surface area (Å²) in [6.07, 6.45) is 1.84. The van der Waals surface area contributed by atoms with Crippen LogP contribution in [0.1, 0.15) is 40.5 Å². The molecule has 0 bridgehead atoms. The van der Waals surface area contributed by atoms with Gasteiger partial charge in [0.05, 0.1) is 6.54 Å². The molecule has 1 aliphatic heterocycles. The van der Waals surface area contributed by atoms with E-state index in [-0.39, 0.29) is 23.2 Å². The van der Waals surface area contributed by atoms with Gasteiger partial charge in [0.25, 0.3) is 0 Å². The summed E-state index contributed by atoms with van der Waals surface area (Å²) in [7, 11) is 0. The zero-order chi connectivity index (χ0) is 16.9. The molecule has 2 amide bonds. The smallest absolute Gasteiger partial charge is 0.315 e. The zero-order valence-electron chi connectivity index (χ0n) is 14.6. The molecule has 5 heteroatoms. The SMILES string of the molecule is CC1(C)CC(NC(=O)NCCOc2ccccc2)CC(C)(C)N1. The first kappa shape index (κ1) is 17.6. The number of para-hydroxylation sites is 1. The highest BCUT2D eigenvalue weighted by Gasteiger charge is 2.38. The largest absolute Gasteiger partial charge is 0.492 e. The molecule has 128 valence electrons. The van der Waals surface area contributed by atoms with E-state index in [0.717, 1.165) is 18.6 Å². The van der Waals surface area contributed by atoms with Crippen molar-refractivity contribution >= 4 is 6.03 Å². The number of urea groups is 1. The number of rotatable bonds is 5.